The van der Waals surface area contributed by atoms with Gasteiger partial charge in [-0.2, -0.15) is 0 Å². The number of piperidine rings is 1. The van der Waals surface area contributed by atoms with Gasteiger partial charge in [-0.05, 0) is 38.5 Å². The highest BCUT2D eigenvalue weighted by molar-refractivity contribution is 4.99. The van der Waals surface area contributed by atoms with Gasteiger partial charge in [0.05, 0.1) is 19.7 Å². The molecule has 0 amide bonds. The Morgan fingerprint density at radius 1 is 1.12 bits per heavy atom. The number of hydrogen-bond acceptors (Lipinski definition) is 2. The van der Waals surface area contributed by atoms with E-state index in [9.17, 15) is 5.11 Å². The predicted molar refractivity (Wildman–Crippen MR) is 66.0 cm³/mol. The van der Waals surface area contributed by atoms with E-state index >= 15 is 0 Å². The van der Waals surface area contributed by atoms with Gasteiger partial charge < -0.3 is 14.7 Å². The summed E-state index contributed by atoms with van der Waals surface area (Å²) in [5.74, 6) is 1.00. The molecule has 2 aliphatic heterocycles. The molecule has 0 spiro atoms. The summed E-state index contributed by atoms with van der Waals surface area (Å²) >= 11 is 0. The fourth-order valence-corrected chi connectivity index (χ4v) is 4.43. The zero-order chi connectivity index (χ0) is 11.9. The number of likely N-dealkylation sites (tertiary alicyclic amines) is 1. The van der Waals surface area contributed by atoms with Crippen molar-refractivity contribution in [1.82, 2.24) is 0 Å². The zero-order valence-electron chi connectivity index (χ0n) is 11.0. The maximum Gasteiger partial charge on any atom is 0.119 e. The van der Waals surface area contributed by atoms with Crippen LogP contribution in [0, 0.1) is 11.8 Å². The van der Waals surface area contributed by atoms with E-state index in [-0.39, 0.29) is 0 Å². The van der Waals surface area contributed by atoms with Crippen molar-refractivity contribution in [2.75, 3.05) is 26.3 Å². The number of aliphatic hydroxyl groups is 1. The molecule has 98 valence electrons. The SMILES string of the molecule is C[C@@]1(O)[C@@H]([NH+]2CCCCC2)CC[C@H]2COC[C@@H]21. The van der Waals surface area contributed by atoms with Crippen molar-refractivity contribution in [2.45, 2.75) is 50.7 Å². The van der Waals surface area contributed by atoms with E-state index in [0.717, 1.165) is 13.2 Å². The molecule has 0 unspecified atom stereocenters. The molecule has 2 heterocycles. The molecule has 1 saturated carbocycles. The third-order valence-corrected chi connectivity index (χ3v) is 5.47. The van der Waals surface area contributed by atoms with Gasteiger partial charge in [-0.25, -0.2) is 0 Å². The number of hydrogen-bond donors (Lipinski definition) is 2. The lowest BCUT2D eigenvalue weighted by atomic mass is 9.68. The minimum absolute atomic E-state index is 0.385. The Morgan fingerprint density at radius 2 is 1.88 bits per heavy atom. The highest BCUT2D eigenvalue weighted by Gasteiger charge is 2.53. The summed E-state index contributed by atoms with van der Waals surface area (Å²) in [5, 5.41) is 11.0. The first-order valence-corrected chi connectivity index (χ1v) is 7.34. The number of nitrogens with one attached hydrogen (secondary N) is 1. The first-order valence-electron chi connectivity index (χ1n) is 7.34. The summed E-state index contributed by atoms with van der Waals surface area (Å²) in [6, 6.07) is 0.450. The van der Waals surface area contributed by atoms with Gasteiger partial charge in [-0.1, -0.05) is 0 Å². The van der Waals surface area contributed by atoms with E-state index in [1.54, 1.807) is 4.90 Å². The van der Waals surface area contributed by atoms with E-state index in [1.807, 2.05) is 0 Å². The van der Waals surface area contributed by atoms with Crippen LogP contribution in [0.5, 0.6) is 0 Å². The van der Waals surface area contributed by atoms with Crippen molar-refractivity contribution in [2.24, 2.45) is 11.8 Å². The van der Waals surface area contributed by atoms with Gasteiger partial charge in [-0.3, -0.25) is 0 Å². The Morgan fingerprint density at radius 3 is 2.65 bits per heavy atom. The van der Waals surface area contributed by atoms with Crippen LogP contribution in [0.3, 0.4) is 0 Å². The van der Waals surface area contributed by atoms with Crippen LogP contribution in [0.2, 0.25) is 0 Å². The summed E-state index contributed by atoms with van der Waals surface area (Å²) < 4.78 is 5.59. The number of fused-ring (bicyclic) bond motifs is 1. The highest BCUT2D eigenvalue weighted by atomic mass is 16.5. The molecule has 0 aromatic rings. The Kier molecular flexibility index (Phi) is 3.18. The van der Waals surface area contributed by atoms with Crippen LogP contribution in [0.4, 0.5) is 0 Å². The molecular formula is C14H26NO2+. The minimum Gasteiger partial charge on any atom is -0.384 e. The standard InChI is InChI=1S/C14H25NO2/c1-14(16)12-10-17-9-11(12)5-6-13(14)15-7-3-2-4-8-15/h11-13,16H,2-10H2,1H3/p+1/t11-,12-,13-,14-/m0/s1. The predicted octanol–water partition coefficient (Wildman–Crippen LogP) is 0.231. The molecule has 3 heteroatoms. The Labute approximate surface area is 104 Å². The number of rotatable bonds is 1. The van der Waals surface area contributed by atoms with E-state index in [2.05, 4.69) is 6.92 Å². The molecule has 0 bridgehead atoms. The molecule has 0 aromatic carbocycles. The zero-order valence-corrected chi connectivity index (χ0v) is 11.0. The van der Waals surface area contributed by atoms with Crippen molar-refractivity contribution in [1.29, 1.82) is 0 Å². The topological polar surface area (TPSA) is 33.9 Å². The van der Waals surface area contributed by atoms with E-state index in [4.69, 9.17) is 4.74 Å². The Bertz CT molecular complexity index is 273. The average molecular weight is 240 g/mol. The number of quaternary nitrogens is 1. The first-order chi connectivity index (χ1) is 8.19. The molecule has 3 nitrogen and oxygen atoms in total. The van der Waals surface area contributed by atoms with Gasteiger partial charge in [0, 0.05) is 18.9 Å². The highest BCUT2D eigenvalue weighted by Crippen LogP contribution is 2.40. The van der Waals surface area contributed by atoms with Crippen LogP contribution in [0.25, 0.3) is 0 Å². The molecule has 3 fully saturated rings. The Balaban J connectivity index is 1.75. The summed E-state index contributed by atoms with van der Waals surface area (Å²) in [6.07, 6.45) is 6.51. The van der Waals surface area contributed by atoms with Crippen molar-refractivity contribution < 1.29 is 14.7 Å². The second kappa shape index (κ2) is 4.52. The van der Waals surface area contributed by atoms with Crippen LogP contribution >= 0.6 is 0 Å². The second-order valence-corrected chi connectivity index (χ2v) is 6.48. The second-order valence-electron chi connectivity index (χ2n) is 6.48. The van der Waals surface area contributed by atoms with Crippen molar-refractivity contribution in [3.05, 3.63) is 0 Å². The summed E-state index contributed by atoms with van der Waals surface area (Å²) in [4.78, 5) is 1.66. The normalized spacial score (nSPS) is 48.0. The molecule has 0 aromatic heterocycles. The van der Waals surface area contributed by atoms with Crippen LogP contribution in [0.1, 0.15) is 39.0 Å². The van der Waals surface area contributed by atoms with Crippen molar-refractivity contribution in [3.63, 3.8) is 0 Å². The molecule has 1 aliphatic carbocycles. The summed E-state index contributed by atoms with van der Waals surface area (Å²) in [5.41, 5.74) is -0.508. The van der Waals surface area contributed by atoms with Gasteiger partial charge >= 0.3 is 0 Å². The molecule has 0 radical (unpaired) electrons. The van der Waals surface area contributed by atoms with Crippen molar-refractivity contribution >= 4 is 0 Å². The fraction of sp³-hybridized carbons (Fsp3) is 1.00. The number of ether oxygens (including phenoxy) is 1. The van der Waals surface area contributed by atoms with Crippen molar-refractivity contribution in [3.8, 4) is 0 Å². The maximum atomic E-state index is 11.0. The average Bonchev–Trinajstić information content (AvgIpc) is 2.80. The van der Waals surface area contributed by atoms with Gasteiger partial charge in [0.15, 0.2) is 0 Å². The summed E-state index contributed by atoms with van der Waals surface area (Å²) in [7, 11) is 0. The van der Waals surface area contributed by atoms with E-state index in [0.29, 0.717) is 17.9 Å². The van der Waals surface area contributed by atoms with Crippen LogP contribution in [-0.4, -0.2) is 43.1 Å². The van der Waals surface area contributed by atoms with Gasteiger partial charge in [0.25, 0.3) is 0 Å². The quantitative estimate of drug-likeness (QED) is 0.688. The molecule has 3 aliphatic rings. The summed E-state index contributed by atoms with van der Waals surface area (Å²) in [6.45, 7) is 6.26. The van der Waals surface area contributed by atoms with Gasteiger partial charge in [0.1, 0.15) is 11.6 Å². The molecule has 4 atom stereocenters. The maximum absolute atomic E-state index is 11.0. The molecule has 2 saturated heterocycles. The molecule has 2 N–H and O–H groups in total. The first kappa shape index (κ1) is 11.9. The third-order valence-electron chi connectivity index (χ3n) is 5.47. The monoisotopic (exact) mass is 240 g/mol. The lowest BCUT2D eigenvalue weighted by Crippen LogP contribution is -3.19. The third kappa shape index (κ3) is 2.02. The smallest absolute Gasteiger partial charge is 0.119 e. The van der Waals surface area contributed by atoms with Gasteiger partial charge in [-0.15, -0.1) is 0 Å². The minimum atomic E-state index is -0.508. The molecule has 17 heavy (non-hydrogen) atoms. The van der Waals surface area contributed by atoms with Gasteiger partial charge in [0.2, 0.25) is 0 Å². The molecular weight excluding hydrogens is 214 g/mol. The lowest BCUT2D eigenvalue weighted by molar-refractivity contribution is -0.939. The van der Waals surface area contributed by atoms with E-state index < -0.39 is 5.60 Å². The Hall–Kier alpha value is -0.120. The van der Waals surface area contributed by atoms with Crippen LogP contribution in [-0.2, 0) is 4.74 Å². The van der Waals surface area contributed by atoms with Crippen LogP contribution in [0.15, 0.2) is 0 Å². The fourth-order valence-electron chi connectivity index (χ4n) is 4.43. The van der Waals surface area contributed by atoms with E-state index in [1.165, 1.54) is 45.2 Å². The van der Waals surface area contributed by atoms with Crippen LogP contribution < -0.4 is 4.90 Å². The molecule has 3 rings (SSSR count). The lowest BCUT2D eigenvalue weighted by Gasteiger charge is -2.47. The largest absolute Gasteiger partial charge is 0.384 e.